The van der Waals surface area contributed by atoms with Crippen molar-refractivity contribution in [1.82, 2.24) is 10.3 Å². The number of thiazole rings is 1. The molecular weight excluding hydrogens is 250 g/mol. The molecule has 18 heavy (non-hydrogen) atoms. The maximum absolute atomic E-state index is 11.4. The van der Waals surface area contributed by atoms with Crippen LogP contribution in [-0.4, -0.2) is 35.2 Å². The minimum absolute atomic E-state index is 0.00755. The summed E-state index contributed by atoms with van der Waals surface area (Å²) in [7, 11) is 0. The summed E-state index contributed by atoms with van der Waals surface area (Å²) in [4.78, 5) is 17.5. The van der Waals surface area contributed by atoms with Gasteiger partial charge in [0.25, 0.3) is 0 Å². The van der Waals surface area contributed by atoms with Crippen molar-refractivity contribution in [2.45, 2.75) is 39.8 Å². The first kappa shape index (κ1) is 15.1. The van der Waals surface area contributed by atoms with Crippen molar-refractivity contribution < 1.29 is 9.90 Å². The number of hydrogen-bond acceptors (Lipinski definition) is 5. The molecule has 2 N–H and O–H groups in total. The zero-order valence-corrected chi connectivity index (χ0v) is 12.0. The Hall–Kier alpha value is -0.980. The average molecular weight is 271 g/mol. The number of anilines is 1. The molecule has 0 fully saturated rings. The van der Waals surface area contributed by atoms with E-state index in [4.69, 9.17) is 5.11 Å². The fourth-order valence-electron chi connectivity index (χ4n) is 1.58. The van der Waals surface area contributed by atoms with E-state index in [0.717, 1.165) is 17.2 Å². The van der Waals surface area contributed by atoms with Gasteiger partial charge in [-0.1, -0.05) is 6.92 Å². The highest BCUT2D eigenvalue weighted by atomic mass is 32.1. The quantitative estimate of drug-likeness (QED) is 0.786. The SMILES string of the molecule is CC[C@@H](CO)NCc1csc(N(CC)C(C)=O)n1. The van der Waals surface area contributed by atoms with E-state index in [0.29, 0.717) is 13.1 Å². The van der Waals surface area contributed by atoms with E-state index >= 15 is 0 Å². The van der Waals surface area contributed by atoms with Gasteiger partial charge in [-0.15, -0.1) is 11.3 Å². The van der Waals surface area contributed by atoms with Gasteiger partial charge in [0.1, 0.15) is 0 Å². The van der Waals surface area contributed by atoms with Gasteiger partial charge in [0, 0.05) is 31.4 Å². The Kier molecular flexibility index (Phi) is 6.24. The van der Waals surface area contributed by atoms with Crippen LogP contribution >= 0.6 is 11.3 Å². The molecule has 102 valence electrons. The van der Waals surface area contributed by atoms with Crippen molar-refractivity contribution in [3.05, 3.63) is 11.1 Å². The first-order valence-electron chi connectivity index (χ1n) is 6.19. The molecule has 1 amide bonds. The van der Waals surface area contributed by atoms with Crippen LogP contribution in [0.3, 0.4) is 0 Å². The van der Waals surface area contributed by atoms with Gasteiger partial charge >= 0.3 is 0 Å². The average Bonchev–Trinajstić information content (AvgIpc) is 2.79. The van der Waals surface area contributed by atoms with Crippen LogP contribution in [0.2, 0.25) is 0 Å². The van der Waals surface area contributed by atoms with Crippen LogP contribution in [0.25, 0.3) is 0 Å². The number of nitrogens with zero attached hydrogens (tertiary/aromatic N) is 2. The number of carbonyl (C=O) groups excluding carboxylic acids is 1. The maximum atomic E-state index is 11.4. The van der Waals surface area contributed by atoms with Crippen molar-refractivity contribution in [3.63, 3.8) is 0 Å². The molecule has 0 spiro atoms. The smallest absolute Gasteiger partial charge is 0.225 e. The van der Waals surface area contributed by atoms with Crippen molar-refractivity contribution in [3.8, 4) is 0 Å². The molecule has 0 aliphatic rings. The lowest BCUT2D eigenvalue weighted by Crippen LogP contribution is -2.31. The molecule has 5 nitrogen and oxygen atoms in total. The van der Waals surface area contributed by atoms with Crippen LogP contribution in [-0.2, 0) is 11.3 Å². The third-order valence-corrected chi connectivity index (χ3v) is 3.66. The van der Waals surface area contributed by atoms with Gasteiger partial charge in [-0.25, -0.2) is 4.98 Å². The van der Waals surface area contributed by atoms with E-state index in [1.165, 1.54) is 11.3 Å². The van der Waals surface area contributed by atoms with Gasteiger partial charge in [-0.3, -0.25) is 9.69 Å². The van der Waals surface area contributed by atoms with Crippen molar-refractivity contribution in [2.75, 3.05) is 18.1 Å². The highest BCUT2D eigenvalue weighted by Gasteiger charge is 2.13. The number of aliphatic hydroxyl groups excluding tert-OH is 1. The normalized spacial score (nSPS) is 12.4. The minimum Gasteiger partial charge on any atom is -0.395 e. The summed E-state index contributed by atoms with van der Waals surface area (Å²) in [5, 5.41) is 15.0. The standard InChI is InChI=1S/C12H21N3O2S/c1-4-10(7-16)13-6-11-8-18-12(14-11)15(5-2)9(3)17/h8,10,13,16H,4-7H2,1-3H3/t10-/m0/s1. The van der Waals surface area contributed by atoms with Crippen LogP contribution < -0.4 is 10.2 Å². The Bertz CT molecular complexity index is 377. The van der Waals surface area contributed by atoms with Gasteiger partial charge in [0.05, 0.1) is 12.3 Å². The van der Waals surface area contributed by atoms with Crippen LogP contribution in [0.4, 0.5) is 5.13 Å². The second-order valence-electron chi connectivity index (χ2n) is 4.05. The summed E-state index contributed by atoms with van der Waals surface area (Å²) in [6.45, 7) is 6.87. The topological polar surface area (TPSA) is 65.5 Å². The fourth-order valence-corrected chi connectivity index (χ4v) is 2.51. The molecule has 0 aromatic carbocycles. The van der Waals surface area contributed by atoms with E-state index in [1.807, 2.05) is 19.2 Å². The Morgan fingerprint density at radius 3 is 2.83 bits per heavy atom. The zero-order valence-electron chi connectivity index (χ0n) is 11.1. The highest BCUT2D eigenvalue weighted by molar-refractivity contribution is 7.14. The summed E-state index contributed by atoms with van der Waals surface area (Å²) in [5.74, 6) is 0.00755. The lowest BCUT2D eigenvalue weighted by molar-refractivity contribution is -0.116. The molecule has 0 aliphatic heterocycles. The molecular formula is C12H21N3O2S. The van der Waals surface area contributed by atoms with E-state index in [1.54, 1.807) is 11.8 Å². The number of aromatic nitrogens is 1. The van der Waals surface area contributed by atoms with Crippen molar-refractivity contribution in [2.24, 2.45) is 0 Å². The number of amides is 1. The summed E-state index contributed by atoms with van der Waals surface area (Å²) in [6.07, 6.45) is 0.877. The molecule has 1 aromatic heterocycles. The van der Waals surface area contributed by atoms with E-state index in [2.05, 4.69) is 10.3 Å². The Morgan fingerprint density at radius 2 is 2.33 bits per heavy atom. The molecule has 0 unspecified atom stereocenters. The molecule has 1 rings (SSSR count). The third-order valence-electron chi connectivity index (χ3n) is 2.75. The molecule has 1 aromatic rings. The van der Waals surface area contributed by atoms with Gasteiger partial charge in [0.15, 0.2) is 5.13 Å². The Balaban J connectivity index is 2.60. The summed E-state index contributed by atoms with van der Waals surface area (Å²) < 4.78 is 0. The zero-order chi connectivity index (χ0) is 13.5. The number of aliphatic hydroxyl groups is 1. The molecule has 0 aliphatic carbocycles. The molecule has 6 heteroatoms. The van der Waals surface area contributed by atoms with Gasteiger partial charge in [0.2, 0.25) is 5.91 Å². The fraction of sp³-hybridized carbons (Fsp3) is 0.667. The van der Waals surface area contributed by atoms with E-state index in [9.17, 15) is 4.79 Å². The van der Waals surface area contributed by atoms with Gasteiger partial charge in [-0.2, -0.15) is 0 Å². The van der Waals surface area contributed by atoms with Gasteiger partial charge < -0.3 is 10.4 Å². The minimum atomic E-state index is 0.00755. The van der Waals surface area contributed by atoms with Gasteiger partial charge in [-0.05, 0) is 13.3 Å². The van der Waals surface area contributed by atoms with Crippen LogP contribution in [0.1, 0.15) is 32.9 Å². The largest absolute Gasteiger partial charge is 0.395 e. The second kappa shape index (κ2) is 7.45. The predicted molar refractivity (Wildman–Crippen MR) is 73.8 cm³/mol. The summed E-state index contributed by atoms with van der Waals surface area (Å²) >= 11 is 1.47. The first-order valence-corrected chi connectivity index (χ1v) is 7.07. The maximum Gasteiger partial charge on any atom is 0.225 e. The van der Waals surface area contributed by atoms with Crippen LogP contribution in [0.5, 0.6) is 0 Å². The Morgan fingerprint density at radius 1 is 1.61 bits per heavy atom. The lowest BCUT2D eigenvalue weighted by atomic mass is 10.2. The summed E-state index contributed by atoms with van der Waals surface area (Å²) in [5.41, 5.74) is 0.904. The van der Waals surface area contributed by atoms with Crippen molar-refractivity contribution >= 4 is 22.4 Å². The van der Waals surface area contributed by atoms with E-state index < -0.39 is 0 Å². The lowest BCUT2D eigenvalue weighted by Gasteiger charge is -2.15. The second-order valence-corrected chi connectivity index (χ2v) is 4.89. The number of carbonyl (C=O) groups is 1. The predicted octanol–water partition coefficient (Wildman–Crippen LogP) is 1.38. The number of hydrogen-bond donors (Lipinski definition) is 2. The molecule has 0 saturated carbocycles. The van der Waals surface area contributed by atoms with Crippen LogP contribution in [0.15, 0.2) is 5.38 Å². The summed E-state index contributed by atoms with van der Waals surface area (Å²) in [6, 6.07) is 0.102. The molecule has 1 heterocycles. The van der Waals surface area contributed by atoms with Crippen molar-refractivity contribution in [1.29, 1.82) is 0 Å². The first-order chi connectivity index (χ1) is 8.62. The van der Waals surface area contributed by atoms with Crippen LogP contribution in [0, 0.1) is 0 Å². The monoisotopic (exact) mass is 271 g/mol. The number of nitrogens with one attached hydrogen (secondary N) is 1. The highest BCUT2D eigenvalue weighted by Crippen LogP contribution is 2.20. The molecule has 0 bridgehead atoms. The third kappa shape index (κ3) is 4.04. The molecule has 0 radical (unpaired) electrons. The number of rotatable bonds is 7. The molecule has 0 saturated heterocycles. The van der Waals surface area contributed by atoms with E-state index in [-0.39, 0.29) is 18.6 Å². The molecule has 1 atom stereocenters. The Labute approximate surface area is 112 Å².